The molecule has 0 aliphatic rings. The molecule has 0 saturated carbocycles. The van der Waals surface area contributed by atoms with E-state index < -0.39 is 17.8 Å². The SMILES string of the molecule is Cc1nc2c(C(=O)O)ccc(C(F)(F)F)n2n1. The van der Waals surface area contributed by atoms with E-state index in [9.17, 15) is 18.0 Å². The summed E-state index contributed by atoms with van der Waals surface area (Å²) >= 11 is 0. The zero-order valence-corrected chi connectivity index (χ0v) is 8.49. The predicted molar refractivity (Wildman–Crippen MR) is 49.7 cm³/mol. The van der Waals surface area contributed by atoms with Gasteiger partial charge in [-0.15, -0.1) is 0 Å². The Morgan fingerprint density at radius 3 is 2.59 bits per heavy atom. The molecular weight excluding hydrogens is 239 g/mol. The summed E-state index contributed by atoms with van der Waals surface area (Å²) in [7, 11) is 0. The largest absolute Gasteiger partial charge is 0.478 e. The summed E-state index contributed by atoms with van der Waals surface area (Å²) < 4.78 is 38.4. The summed E-state index contributed by atoms with van der Waals surface area (Å²) in [4.78, 5) is 14.5. The van der Waals surface area contributed by atoms with Crippen LogP contribution in [0.25, 0.3) is 5.65 Å². The Labute approximate surface area is 92.5 Å². The van der Waals surface area contributed by atoms with Gasteiger partial charge < -0.3 is 5.11 Å². The Morgan fingerprint density at radius 2 is 2.06 bits per heavy atom. The molecule has 0 radical (unpaired) electrons. The van der Waals surface area contributed by atoms with Crippen molar-refractivity contribution in [2.24, 2.45) is 0 Å². The number of nitrogens with zero attached hydrogens (tertiary/aromatic N) is 3. The minimum atomic E-state index is -4.62. The number of hydrogen-bond donors (Lipinski definition) is 1. The Kier molecular flexibility index (Phi) is 2.30. The van der Waals surface area contributed by atoms with E-state index in [1.165, 1.54) is 6.92 Å². The quantitative estimate of drug-likeness (QED) is 0.831. The Bertz CT molecular complexity index is 603. The van der Waals surface area contributed by atoms with E-state index in [1.807, 2.05) is 0 Å². The second-order valence-electron chi connectivity index (χ2n) is 3.33. The smallest absolute Gasteiger partial charge is 0.433 e. The monoisotopic (exact) mass is 245 g/mol. The van der Waals surface area contributed by atoms with Crippen molar-refractivity contribution in [3.05, 3.63) is 29.2 Å². The third-order valence-electron chi connectivity index (χ3n) is 2.11. The number of hydrogen-bond acceptors (Lipinski definition) is 3. The van der Waals surface area contributed by atoms with Gasteiger partial charge >= 0.3 is 12.1 Å². The fraction of sp³-hybridized carbons (Fsp3) is 0.222. The van der Waals surface area contributed by atoms with E-state index in [2.05, 4.69) is 10.1 Å². The first-order chi connectivity index (χ1) is 7.80. The Morgan fingerprint density at radius 1 is 1.41 bits per heavy atom. The molecule has 5 nitrogen and oxygen atoms in total. The second kappa shape index (κ2) is 3.44. The third-order valence-corrected chi connectivity index (χ3v) is 2.11. The van der Waals surface area contributed by atoms with E-state index in [0.717, 1.165) is 6.07 Å². The van der Waals surface area contributed by atoms with Crippen LogP contribution in [0.2, 0.25) is 0 Å². The highest BCUT2D eigenvalue weighted by atomic mass is 19.4. The Hall–Kier alpha value is -2.12. The molecule has 2 rings (SSSR count). The number of rotatable bonds is 1. The lowest BCUT2D eigenvalue weighted by Gasteiger charge is -2.08. The van der Waals surface area contributed by atoms with Crippen molar-refractivity contribution in [3.63, 3.8) is 0 Å². The molecule has 0 fully saturated rings. The van der Waals surface area contributed by atoms with Gasteiger partial charge in [-0.05, 0) is 19.1 Å². The topological polar surface area (TPSA) is 67.5 Å². The van der Waals surface area contributed by atoms with Gasteiger partial charge in [0.15, 0.2) is 5.65 Å². The molecule has 8 heteroatoms. The molecule has 17 heavy (non-hydrogen) atoms. The first-order valence-corrected chi connectivity index (χ1v) is 4.47. The Balaban J connectivity index is 2.84. The number of fused-ring (bicyclic) bond motifs is 1. The van der Waals surface area contributed by atoms with Crippen LogP contribution >= 0.6 is 0 Å². The molecule has 0 aromatic carbocycles. The van der Waals surface area contributed by atoms with Gasteiger partial charge in [0.2, 0.25) is 0 Å². The molecule has 2 aromatic heterocycles. The second-order valence-corrected chi connectivity index (χ2v) is 3.33. The average Bonchev–Trinajstić information content (AvgIpc) is 2.54. The van der Waals surface area contributed by atoms with Crippen LogP contribution in [0.1, 0.15) is 21.9 Å². The maximum absolute atomic E-state index is 12.6. The molecule has 1 N–H and O–H groups in total. The van der Waals surface area contributed by atoms with E-state index in [0.29, 0.717) is 10.6 Å². The minimum Gasteiger partial charge on any atom is -0.478 e. The van der Waals surface area contributed by atoms with Crippen LogP contribution in [0.4, 0.5) is 13.2 Å². The number of halogens is 3. The van der Waals surface area contributed by atoms with Crippen LogP contribution in [0.3, 0.4) is 0 Å². The maximum atomic E-state index is 12.6. The van der Waals surface area contributed by atoms with E-state index in [4.69, 9.17) is 5.11 Å². The molecule has 2 aromatic rings. The van der Waals surface area contributed by atoms with Crippen LogP contribution in [-0.2, 0) is 6.18 Å². The van der Waals surface area contributed by atoms with Crippen LogP contribution in [0, 0.1) is 6.92 Å². The summed E-state index contributed by atoms with van der Waals surface area (Å²) in [5, 5.41) is 12.4. The summed E-state index contributed by atoms with van der Waals surface area (Å²) in [6.45, 7) is 1.39. The molecule has 0 aliphatic carbocycles. The molecule has 0 unspecified atom stereocenters. The van der Waals surface area contributed by atoms with Gasteiger partial charge in [-0.3, -0.25) is 0 Å². The number of aryl methyl sites for hydroxylation is 1. The normalized spacial score (nSPS) is 12.0. The van der Waals surface area contributed by atoms with Crippen LogP contribution in [0.15, 0.2) is 12.1 Å². The molecule has 0 aliphatic heterocycles. The lowest BCUT2D eigenvalue weighted by Crippen LogP contribution is -2.14. The van der Waals surface area contributed by atoms with Crippen LogP contribution < -0.4 is 0 Å². The van der Waals surface area contributed by atoms with Gasteiger partial charge in [-0.2, -0.15) is 18.3 Å². The molecule has 0 amide bonds. The molecular formula is C9H6F3N3O2. The zero-order chi connectivity index (χ0) is 12.8. The van der Waals surface area contributed by atoms with Crippen LogP contribution in [0.5, 0.6) is 0 Å². The average molecular weight is 245 g/mol. The summed E-state index contributed by atoms with van der Waals surface area (Å²) in [5.41, 5.74) is -1.69. The van der Waals surface area contributed by atoms with Crippen molar-refractivity contribution in [1.29, 1.82) is 0 Å². The van der Waals surface area contributed by atoms with Gasteiger partial charge in [0.05, 0.1) is 0 Å². The van der Waals surface area contributed by atoms with Gasteiger partial charge in [0, 0.05) is 0 Å². The lowest BCUT2D eigenvalue weighted by molar-refractivity contribution is -0.142. The maximum Gasteiger partial charge on any atom is 0.433 e. The molecule has 2 heterocycles. The van der Waals surface area contributed by atoms with Gasteiger partial charge in [-0.1, -0.05) is 0 Å². The number of aromatic nitrogens is 3. The lowest BCUT2D eigenvalue weighted by atomic mass is 10.2. The van der Waals surface area contributed by atoms with Crippen molar-refractivity contribution < 1.29 is 23.1 Å². The van der Waals surface area contributed by atoms with Crippen molar-refractivity contribution in [3.8, 4) is 0 Å². The van der Waals surface area contributed by atoms with E-state index in [1.54, 1.807) is 0 Å². The van der Waals surface area contributed by atoms with Crippen molar-refractivity contribution >= 4 is 11.6 Å². The number of pyridine rings is 1. The summed E-state index contributed by atoms with van der Waals surface area (Å²) in [5.74, 6) is -1.28. The van der Waals surface area contributed by atoms with E-state index in [-0.39, 0.29) is 17.0 Å². The van der Waals surface area contributed by atoms with Crippen molar-refractivity contribution in [2.75, 3.05) is 0 Å². The molecule has 90 valence electrons. The molecule has 0 saturated heterocycles. The minimum absolute atomic E-state index is 0.0733. The standard InChI is InChI=1S/C9H6F3N3O2/c1-4-13-7-5(8(16)17)2-3-6(9(10,11)12)15(7)14-4/h2-3H,1H3,(H,16,17). The zero-order valence-electron chi connectivity index (χ0n) is 8.49. The van der Waals surface area contributed by atoms with E-state index >= 15 is 0 Å². The van der Waals surface area contributed by atoms with Crippen LogP contribution in [-0.4, -0.2) is 25.7 Å². The number of carboxylic acids is 1. The fourth-order valence-corrected chi connectivity index (χ4v) is 1.45. The summed E-state index contributed by atoms with van der Waals surface area (Å²) in [6.07, 6.45) is -4.62. The number of carboxylic acid groups (broad SMARTS) is 1. The third kappa shape index (κ3) is 1.81. The number of carbonyl (C=O) groups is 1. The van der Waals surface area contributed by atoms with Crippen molar-refractivity contribution in [2.45, 2.75) is 13.1 Å². The molecule has 0 bridgehead atoms. The molecule has 0 atom stereocenters. The fourth-order valence-electron chi connectivity index (χ4n) is 1.45. The van der Waals surface area contributed by atoms with Gasteiger partial charge in [0.25, 0.3) is 0 Å². The predicted octanol–water partition coefficient (Wildman–Crippen LogP) is 1.75. The van der Waals surface area contributed by atoms with Gasteiger partial charge in [-0.25, -0.2) is 14.3 Å². The first-order valence-electron chi connectivity index (χ1n) is 4.47. The molecule has 0 spiro atoms. The number of aromatic carboxylic acids is 1. The highest BCUT2D eigenvalue weighted by Crippen LogP contribution is 2.30. The van der Waals surface area contributed by atoms with Gasteiger partial charge in [0.1, 0.15) is 17.1 Å². The summed E-state index contributed by atoms with van der Waals surface area (Å²) in [6, 6.07) is 1.54. The number of alkyl halides is 3. The highest BCUT2D eigenvalue weighted by Gasteiger charge is 2.35. The van der Waals surface area contributed by atoms with Crippen molar-refractivity contribution in [1.82, 2.24) is 14.6 Å². The highest BCUT2D eigenvalue weighted by molar-refractivity contribution is 5.94. The first kappa shape index (κ1) is 11.4.